The quantitative estimate of drug-likeness (QED) is 0.359. The first-order valence-corrected chi connectivity index (χ1v) is 9.77. The van der Waals surface area contributed by atoms with E-state index in [1.54, 1.807) is 12.1 Å². The highest BCUT2D eigenvalue weighted by Gasteiger charge is 2.17. The lowest BCUT2D eigenvalue weighted by Crippen LogP contribution is -1.98. The molecule has 2 heterocycles. The molecule has 146 valence electrons. The van der Waals surface area contributed by atoms with Crippen LogP contribution in [0.2, 0.25) is 5.02 Å². The predicted molar refractivity (Wildman–Crippen MR) is 119 cm³/mol. The van der Waals surface area contributed by atoms with E-state index >= 15 is 0 Å². The highest BCUT2D eigenvalue weighted by Crippen LogP contribution is 2.36. The van der Waals surface area contributed by atoms with Crippen molar-refractivity contribution in [3.05, 3.63) is 102 Å². The minimum atomic E-state index is -0.279. The van der Waals surface area contributed by atoms with Gasteiger partial charge in [0.25, 0.3) is 0 Å². The Hall–Kier alpha value is -3.70. The van der Waals surface area contributed by atoms with Crippen LogP contribution in [0.1, 0.15) is 0 Å². The number of hydrogen-bond acceptors (Lipinski definition) is 3. The SMILES string of the molecule is Fc1ccc(-n2cc(-c3ccccc3)c3c(Nc4ccc(Cl)cc4)ncnc32)cc1. The Morgan fingerprint density at radius 1 is 0.833 bits per heavy atom. The summed E-state index contributed by atoms with van der Waals surface area (Å²) < 4.78 is 15.4. The Labute approximate surface area is 177 Å². The molecule has 0 saturated heterocycles. The summed E-state index contributed by atoms with van der Waals surface area (Å²) in [4.78, 5) is 9.04. The maximum Gasteiger partial charge on any atom is 0.150 e. The van der Waals surface area contributed by atoms with E-state index < -0.39 is 0 Å². The number of benzene rings is 3. The van der Waals surface area contributed by atoms with Gasteiger partial charge < -0.3 is 9.88 Å². The number of nitrogens with one attached hydrogen (secondary N) is 1. The predicted octanol–water partition coefficient (Wildman–Crippen LogP) is 6.62. The molecule has 0 unspecified atom stereocenters. The van der Waals surface area contributed by atoms with Gasteiger partial charge in [-0.1, -0.05) is 41.9 Å². The molecule has 6 heteroatoms. The number of anilines is 2. The van der Waals surface area contributed by atoms with E-state index in [9.17, 15) is 4.39 Å². The lowest BCUT2D eigenvalue weighted by Gasteiger charge is -2.09. The van der Waals surface area contributed by atoms with Gasteiger partial charge in [0.2, 0.25) is 0 Å². The van der Waals surface area contributed by atoms with Crippen LogP contribution in [0.25, 0.3) is 27.8 Å². The molecule has 0 fully saturated rings. The third-order valence-corrected chi connectivity index (χ3v) is 5.13. The van der Waals surface area contributed by atoms with Gasteiger partial charge in [-0.2, -0.15) is 0 Å². The van der Waals surface area contributed by atoms with Crippen LogP contribution in [0.4, 0.5) is 15.9 Å². The maximum atomic E-state index is 13.5. The smallest absolute Gasteiger partial charge is 0.150 e. The van der Waals surface area contributed by atoms with Gasteiger partial charge in [0, 0.05) is 28.2 Å². The van der Waals surface area contributed by atoms with Crippen molar-refractivity contribution in [3.8, 4) is 16.8 Å². The van der Waals surface area contributed by atoms with Gasteiger partial charge in [0.05, 0.1) is 5.39 Å². The molecule has 0 atom stereocenters. The van der Waals surface area contributed by atoms with Gasteiger partial charge in [-0.25, -0.2) is 14.4 Å². The van der Waals surface area contributed by atoms with Gasteiger partial charge in [-0.05, 0) is 54.1 Å². The van der Waals surface area contributed by atoms with Crippen LogP contribution in [0, 0.1) is 5.82 Å². The molecule has 5 aromatic rings. The highest BCUT2D eigenvalue weighted by atomic mass is 35.5. The topological polar surface area (TPSA) is 42.7 Å². The third-order valence-electron chi connectivity index (χ3n) is 4.88. The van der Waals surface area contributed by atoms with Crippen LogP contribution in [0.3, 0.4) is 0 Å². The van der Waals surface area contributed by atoms with Crippen molar-refractivity contribution in [2.24, 2.45) is 0 Å². The molecular formula is C24H16ClFN4. The largest absolute Gasteiger partial charge is 0.340 e. The number of halogens is 2. The molecule has 2 aromatic heterocycles. The number of aromatic nitrogens is 3. The summed E-state index contributed by atoms with van der Waals surface area (Å²) in [6.07, 6.45) is 3.53. The molecule has 0 aliphatic carbocycles. The van der Waals surface area contributed by atoms with Gasteiger partial charge in [-0.3, -0.25) is 0 Å². The fraction of sp³-hybridized carbons (Fsp3) is 0. The lowest BCUT2D eigenvalue weighted by atomic mass is 10.1. The normalized spacial score (nSPS) is 11.0. The standard InChI is InChI=1S/C24H16ClFN4/c25-17-6-10-19(11-7-17)29-23-22-21(16-4-2-1-3-5-16)14-30(24(22)28-15-27-23)20-12-8-18(26)9-13-20/h1-15H,(H,27,28,29). The van der Waals surface area contributed by atoms with Crippen LogP contribution in [-0.2, 0) is 0 Å². The zero-order valence-electron chi connectivity index (χ0n) is 15.8. The highest BCUT2D eigenvalue weighted by molar-refractivity contribution is 6.30. The second-order valence-electron chi connectivity index (χ2n) is 6.81. The Bertz CT molecular complexity index is 1310. The zero-order chi connectivity index (χ0) is 20.5. The number of hydrogen-bond donors (Lipinski definition) is 1. The number of nitrogens with zero attached hydrogens (tertiary/aromatic N) is 3. The molecule has 30 heavy (non-hydrogen) atoms. The molecule has 0 saturated carbocycles. The summed E-state index contributed by atoms with van der Waals surface area (Å²) in [5, 5.41) is 4.92. The van der Waals surface area contributed by atoms with Crippen molar-refractivity contribution >= 4 is 34.1 Å². The summed E-state index contributed by atoms with van der Waals surface area (Å²) in [5.41, 5.74) is 4.43. The van der Waals surface area contributed by atoms with Crippen LogP contribution < -0.4 is 5.32 Å². The fourth-order valence-corrected chi connectivity index (χ4v) is 3.59. The Morgan fingerprint density at radius 3 is 2.30 bits per heavy atom. The average molecular weight is 415 g/mol. The minimum absolute atomic E-state index is 0.279. The van der Waals surface area contributed by atoms with Crippen molar-refractivity contribution in [3.63, 3.8) is 0 Å². The fourth-order valence-electron chi connectivity index (χ4n) is 3.46. The van der Waals surface area contributed by atoms with Crippen LogP contribution in [0.15, 0.2) is 91.4 Å². The Morgan fingerprint density at radius 2 is 1.57 bits per heavy atom. The molecular weight excluding hydrogens is 399 g/mol. The number of fused-ring (bicyclic) bond motifs is 1. The van der Waals surface area contributed by atoms with E-state index in [0.717, 1.165) is 33.5 Å². The Kier molecular flexibility index (Phi) is 4.65. The van der Waals surface area contributed by atoms with Crippen LogP contribution in [-0.4, -0.2) is 14.5 Å². The van der Waals surface area contributed by atoms with E-state index in [4.69, 9.17) is 11.6 Å². The van der Waals surface area contributed by atoms with E-state index in [1.165, 1.54) is 18.5 Å². The summed E-state index contributed by atoms with van der Waals surface area (Å²) in [6, 6.07) is 23.8. The molecule has 3 aromatic carbocycles. The van der Waals surface area contributed by atoms with Crippen LogP contribution in [0.5, 0.6) is 0 Å². The van der Waals surface area contributed by atoms with Crippen molar-refractivity contribution in [2.75, 3.05) is 5.32 Å². The Balaban J connectivity index is 1.73. The van der Waals surface area contributed by atoms with Gasteiger partial charge >= 0.3 is 0 Å². The molecule has 0 bridgehead atoms. The monoisotopic (exact) mass is 414 g/mol. The summed E-state index contributed by atoms with van der Waals surface area (Å²) in [7, 11) is 0. The lowest BCUT2D eigenvalue weighted by molar-refractivity contribution is 0.627. The van der Waals surface area contributed by atoms with E-state index in [0.29, 0.717) is 10.8 Å². The average Bonchev–Trinajstić information content (AvgIpc) is 3.17. The third kappa shape index (κ3) is 3.40. The molecule has 0 amide bonds. The van der Waals surface area contributed by atoms with E-state index in [-0.39, 0.29) is 5.82 Å². The molecule has 0 aliphatic heterocycles. The van der Waals surface area contributed by atoms with Crippen LogP contribution >= 0.6 is 11.6 Å². The molecule has 4 nitrogen and oxygen atoms in total. The van der Waals surface area contributed by atoms with Crippen molar-refractivity contribution < 1.29 is 4.39 Å². The maximum absolute atomic E-state index is 13.5. The summed E-state index contributed by atoms with van der Waals surface area (Å²) in [5.74, 6) is 0.403. The molecule has 0 spiro atoms. The first-order chi connectivity index (χ1) is 14.7. The zero-order valence-corrected chi connectivity index (χ0v) is 16.5. The van der Waals surface area contributed by atoms with E-state index in [2.05, 4.69) is 15.3 Å². The molecule has 0 aliphatic rings. The number of rotatable bonds is 4. The second kappa shape index (κ2) is 7.61. The molecule has 5 rings (SSSR count). The van der Waals surface area contributed by atoms with Crippen molar-refractivity contribution in [2.45, 2.75) is 0 Å². The summed E-state index contributed by atoms with van der Waals surface area (Å²) >= 11 is 6.01. The minimum Gasteiger partial charge on any atom is -0.340 e. The summed E-state index contributed by atoms with van der Waals surface area (Å²) in [6.45, 7) is 0. The van der Waals surface area contributed by atoms with E-state index in [1.807, 2.05) is 65.4 Å². The molecule has 1 N–H and O–H groups in total. The van der Waals surface area contributed by atoms with Crippen molar-refractivity contribution in [1.82, 2.24) is 14.5 Å². The van der Waals surface area contributed by atoms with Crippen molar-refractivity contribution in [1.29, 1.82) is 0 Å². The second-order valence-corrected chi connectivity index (χ2v) is 7.24. The first-order valence-electron chi connectivity index (χ1n) is 9.39. The molecule has 0 radical (unpaired) electrons. The van der Waals surface area contributed by atoms with Gasteiger partial charge in [0.1, 0.15) is 18.0 Å². The van der Waals surface area contributed by atoms with Gasteiger partial charge in [-0.15, -0.1) is 0 Å². The van der Waals surface area contributed by atoms with Gasteiger partial charge in [0.15, 0.2) is 5.65 Å². The first kappa shape index (κ1) is 18.3.